The number of rotatable bonds is 4. The summed E-state index contributed by atoms with van der Waals surface area (Å²) in [7, 11) is -0.121. The van der Waals surface area contributed by atoms with E-state index in [9.17, 15) is 13.5 Å². The van der Waals surface area contributed by atoms with Gasteiger partial charge in [-0.2, -0.15) is 17.0 Å². The number of nitrogens with zero attached hydrogens (tertiary/aromatic N) is 3. The van der Waals surface area contributed by atoms with E-state index in [1.54, 1.807) is 18.4 Å². The largest absolute Gasteiger partial charge is 0.395 e. The molecule has 1 N–H and O–H groups in total. The van der Waals surface area contributed by atoms with Crippen LogP contribution in [0.25, 0.3) is 0 Å². The summed E-state index contributed by atoms with van der Waals surface area (Å²) < 4.78 is 26.9. The molecule has 2 aliphatic heterocycles. The van der Waals surface area contributed by atoms with E-state index >= 15 is 0 Å². The predicted molar refractivity (Wildman–Crippen MR) is 74.0 cm³/mol. The zero-order valence-corrected chi connectivity index (χ0v) is 12.6. The molecule has 2 rings (SSSR count). The van der Waals surface area contributed by atoms with E-state index in [4.69, 9.17) is 0 Å². The Morgan fingerprint density at radius 3 is 2.32 bits per heavy atom. The van der Waals surface area contributed by atoms with E-state index in [1.807, 2.05) is 0 Å². The molecule has 0 spiro atoms. The van der Waals surface area contributed by atoms with Crippen LogP contribution in [0.3, 0.4) is 0 Å². The lowest BCUT2D eigenvalue weighted by molar-refractivity contribution is 0.0890. The molecular weight excluding hydrogens is 266 g/mol. The van der Waals surface area contributed by atoms with Gasteiger partial charge in [0.2, 0.25) is 0 Å². The topological polar surface area (TPSA) is 64.1 Å². The molecule has 19 heavy (non-hydrogen) atoms. The first-order chi connectivity index (χ1) is 8.96. The van der Waals surface area contributed by atoms with Crippen LogP contribution in [-0.4, -0.2) is 79.5 Å². The maximum atomic E-state index is 12.0. The lowest BCUT2D eigenvalue weighted by Gasteiger charge is -2.39. The number of piperidine rings is 1. The summed E-state index contributed by atoms with van der Waals surface area (Å²) in [6, 6.07) is 0.704. The highest BCUT2D eigenvalue weighted by molar-refractivity contribution is 7.86. The Morgan fingerprint density at radius 2 is 1.79 bits per heavy atom. The van der Waals surface area contributed by atoms with E-state index in [0.29, 0.717) is 19.1 Å². The molecule has 2 heterocycles. The van der Waals surface area contributed by atoms with Gasteiger partial charge in [-0.3, -0.25) is 4.90 Å². The fraction of sp³-hybridized carbons (Fsp3) is 1.00. The average molecular weight is 291 g/mol. The van der Waals surface area contributed by atoms with Crippen LogP contribution in [-0.2, 0) is 10.2 Å². The van der Waals surface area contributed by atoms with Gasteiger partial charge in [0.15, 0.2) is 0 Å². The minimum Gasteiger partial charge on any atom is -0.395 e. The molecule has 0 aromatic rings. The molecule has 0 aliphatic carbocycles. The average Bonchev–Trinajstić information content (AvgIpc) is 2.87. The van der Waals surface area contributed by atoms with Crippen molar-refractivity contribution in [2.24, 2.45) is 0 Å². The Kier molecular flexibility index (Phi) is 4.84. The van der Waals surface area contributed by atoms with Crippen molar-refractivity contribution >= 4 is 10.2 Å². The number of aliphatic hydroxyl groups is 1. The molecule has 0 amide bonds. The van der Waals surface area contributed by atoms with Crippen LogP contribution in [0.15, 0.2) is 0 Å². The predicted octanol–water partition coefficient (Wildman–Crippen LogP) is -0.286. The van der Waals surface area contributed by atoms with Gasteiger partial charge >= 0.3 is 0 Å². The molecule has 0 radical (unpaired) electrons. The van der Waals surface area contributed by atoms with Gasteiger partial charge in [-0.25, -0.2) is 0 Å². The quantitative estimate of drug-likeness (QED) is 0.773. The second kappa shape index (κ2) is 6.05. The van der Waals surface area contributed by atoms with Gasteiger partial charge in [0.05, 0.1) is 6.61 Å². The second-order valence-electron chi connectivity index (χ2n) is 5.64. The summed E-state index contributed by atoms with van der Waals surface area (Å²) in [5.74, 6) is 0. The maximum absolute atomic E-state index is 12.0. The first kappa shape index (κ1) is 15.2. The monoisotopic (exact) mass is 291 g/mol. The van der Waals surface area contributed by atoms with Crippen LogP contribution in [0.4, 0.5) is 0 Å². The Bertz CT molecular complexity index is 391. The summed E-state index contributed by atoms with van der Waals surface area (Å²) in [6.07, 6.45) is 3.93. The van der Waals surface area contributed by atoms with Crippen molar-refractivity contribution in [3.63, 3.8) is 0 Å². The van der Waals surface area contributed by atoms with Crippen molar-refractivity contribution in [3.05, 3.63) is 0 Å². The van der Waals surface area contributed by atoms with Crippen molar-refractivity contribution in [3.8, 4) is 0 Å². The van der Waals surface area contributed by atoms with Gasteiger partial charge in [0.1, 0.15) is 0 Å². The molecular formula is C12H25N3O3S. The summed E-state index contributed by atoms with van der Waals surface area (Å²) in [5, 5.41) is 9.37. The fourth-order valence-corrected chi connectivity index (χ4v) is 4.30. The van der Waals surface area contributed by atoms with Gasteiger partial charge in [-0.05, 0) is 32.2 Å². The molecule has 2 saturated heterocycles. The third-order valence-corrected chi connectivity index (χ3v) is 6.25. The van der Waals surface area contributed by atoms with Crippen LogP contribution in [0.5, 0.6) is 0 Å². The molecule has 2 aliphatic rings. The number of hydrogen-bond donors (Lipinski definition) is 1. The fourth-order valence-electron chi connectivity index (χ4n) is 3.17. The third kappa shape index (κ3) is 3.11. The van der Waals surface area contributed by atoms with Crippen molar-refractivity contribution in [1.29, 1.82) is 0 Å². The molecule has 6 nitrogen and oxygen atoms in total. The van der Waals surface area contributed by atoms with E-state index < -0.39 is 10.2 Å². The highest BCUT2D eigenvalue weighted by Gasteiger charge is 2.35. The maximum Gasteiger partial charge on any atom is 0.281 e. The van der Waals surface area contributed by atoms with Crippen LogP contribution in [0.1, 0.15) is 25.7 Å². The molecule has 0 bridgehead atoms. The zero-order chi connectivity index (χ0) is 14.0. The summed E-state index contributed by atoms with van der Waals surface area (Å²) >= 11 is 0. The van der Waals surface area contributed by atoms with Gasteiger partial charge in [-0.15, -0.1) is 0 Å². The van der Waals surface area contributed by atoms with E-state index in [1.165, 1.54) is 4.31 Å². The molecule has 0 saturated carbocycles. The van der Waals surface area contributed by atoms with Crippen LogP contribution in [0.2, 0.25) is 0 Å². The van der Waals surface area contributed by atoms with Crippen LogP contribution < -0.4 is 0 Å². The number of likely N-dealkylation sites (tertiary alicyclic amines) is 1. The summed E-state index contributed by atoms with van der Waals surface area (Å²) in [5.41, 5.74) is 0. The molecule has 1 atom stereocenters. The van der Waals surface area contributed by atoms with Crippen LogP contribution in [0, 0.1) is 0 Å². The summed E-state index contributed by atoms with van der Waals surface area (Å²) in [4.78, 5) is 2.37. The van der Waals surface area contributed by atoms with Gasteiger partial charge in [0.25, 0.3) is 10.2 Å². The first-order valence-electron chi connectivity index (χ1n) is 7.01. The van der Waals surface area contributed by atoms with Gasteiger partial charge in [0, 0.05) is 39.3 Å². The summed E-state index contributed by atoms with van der Waals surface area (Å²) in [6.45, 7) is 2.42. The Balaban J connectivity index is 1.93. The van der Waals surface area contributed by atoms with E-state index in [-0.39, 0.29) is 12.6 Å². The van der Waals surface area contributed by atoms with E-state index in [2.05, 4.69) is 4.90 Å². The normalized spacial score (nSPS) is 28.3. The minimum absolute atomic E-state index is 0.218. The molecule has 112 valence electrons. The second-order valence-corrected chi connectivity index (χ2v) is 7.78. The Labute approximate surface area is 116 Å². The zero-order valence-electron chi connectivity index (χ0n) is 11.8. The van der Waals surface area contributed by atoms with E-state index in [0.717, 1.165) is 32.2 Å². The SMILES string of the molecule is CN(C)S(=O)(=O)N1CCC(N2CCCC2CO)CC1. The molecule has 0 aromatic carbocycles. The molecule has 7 heteroatoms. The lowest BCUT2D eigenvalue weighted by Crippen LogP contribution is -2.50. The number of hydrogen-bond acceptors (Lipinski definition) is 4. The van der Waals surface area contributed by atoms with Gasteiger partial charge < -0.3 is 5.11 Å². The Morgan fingerprint density at radius 1 is 1.16 bits per heavy atom. The highest BCUT2D eigenvalue weighted by atomic mass is 32.2. The molecule has 1 unspecified atom stereocenters. The van der Waals surface area contributed by atoms with Crippen molar-refractivity contribution in [2.45, 2.75) is 37.8 Å². The van der Waals surface area contributed by atoms with Crippen LogP contribution >= 0.6 is 0 Å². The third-order valence-electron chi connectivity index (χ3n) is 4.31. The molecule has 2 fully saturated rings. The van der Waals surface area contributed by atoms with Crippen molar-refractivity contribution < 1.29 is 13.5 Å². The minimum atomic E-state index is -3.27. The van der Waals surface area contributed by atoms with Crippen molar-refractivity contribution in [2.75, 3.05) is 40.3 Å². The van der Waals surface area contributed by atoms with Gasteiger partial charge in [-0.1, -0.05) is 0 Å². The first-order valence-corrected chi connectivity index (χ1v) is 8.40. The Hall–Kier alpha value is -0.210. The highest BCUT2D eigenvalue weighted by Crippen LogP contribution is 2.26. The smallest absolute Gasteiger partial charge is 0.281 e. The van der Waals surface area contributed by atoms with Crippen molar-refractivity contribution in [1.82, 2.24) is 13.5 Å². The lowest BCUT2D eigenvalue weighted by atomic mass is 10.0. The molecule has 0 aromatic heterocycles. The number of aliphatic hydroxyl groups excluding tert-OH is 1. The standard InChI is InChI=1S/C12H25N3O3S/c1-13(2)19(17,18)14-8-5-11(6-9-14)15-7-3-4-12(15)10-16/h11-12,16H,3-10H2,1-2H3.